The largest absolute Gasteiger partial charge is 0.346 e. The first-order chi connectivity index (χ1) is 8.81. The lowest BCUT2D eigenvalue weighted by Gasteiger charge is -2.14. The zero-order valence-corrected chi connectivity index (χ0v) is 13.7. The molecule has 0 spiro atoms. The standard InChI is InChI=1S/C12H20N4O2S.ClH/c1-6(2)10(13)11(18)14-5-9(17)16-12-7(3)15-8(4)19-12;/h6,10H,5,13H2,1-4H3,(H,14,18)(H,16,17);1H/t10-;/m0./s1. The van der Waals surface area contributed by atoms with E-state index in [0.717, 1.165) is 10.7 Å². The molecule has 0 aliphatic carbocycles. The van der Waals surface area contributed by atoms with Crippen LogP contribution in [0.15, 0.2) is 0 Å². The van der Waals surface area contributed by atoms with Crippen molar-refractivity contribution in [1.82, 2.24) is 10.3 Å². The van der Waals surface area contributed by atoms with Crippen LogP contribution in [-0.4, -0.2) is 29.4 Å². The third-order valence-corrected chi connectivity index (χ3v) is 3.59. The van der Waals surface area contributed by atoms with Crippen LogP contribution in [-0.2, 0) is 9.59 Å². The van der Waals surface area contributed by atoms with Gasteiger partial charge in [-0.2, -0.15) is 0 Å². The van der Waals surface area contributed by atoms with E-state index >= 15 is 0 Å². The van der Waals surface area contributed by atoms with Crippen molar-refractivity contribution in [2.75, 3.05) is 11.9 Å². The van der Waals surface area contributed by atoms with E-state index in [9.17, 15) is 9.59 Å². The maximum atomic E-state index is 11.7. The summed E-state index contributed by atoms with van der Waals surface area (Å²) in [7, 11) is 0. The highest BCUT2D eigenvalue weighted by Crippen LogP contribution is 2.22. The highest BCUT2D eigenvalue weighted by Gasteiger charge is 2.18. The molecule has 0 saturated carbocycles. The molecule has 0 bridgehead atoms. The molecule has 1 atom stereocenters. The van der Waals surface area contributed by atoms with Crippen LogP contribution in [0.5, 0.6) is 0 Å². The molecule has 0 aliphatic heterocycles. The van der Waals surface area contributed by atoms with E-state index in [4.69, 9.17) is 5.73 Å². The van der Waals surface area contributed by atoms with Crippen molar-refractivity contribution in [1.29, 1.82) is 0 Å². The van der Waals surface area contributed by atoms with Gasteiger partial charge in [0.1, 0.15) is 5.00 Å². The average Bonchev–Trinajstić information content (AvgIpc) is 2.63. The lowest BCUT2D eigenvalue weighted by atomic mass is 10.1. The third kappa shape index (κ3) is 5.44. The fourth-order valence-electron chi connectivity index (χ4n) is 1.41. The summed E-state index contributed by atoms with van der Waals surface area (Å²) in [6.07, 6.45) is 0. The Bertz CT molecular complexity index is 476. The molecule has 1 aromatic rings. The van der Waals surface area contributed by atoms with Gasteiger partial charge in [0.15, 0.2) is 0 Å². The van der Waals surface area contributed by atoms with Gasteiger partial charge in [-0.3, -0.25) is 9.59 Å². The van der Waals surface area contributed by atoms with Crippen molar-refractivity contribution in [2.45, 2.75) is 33.7 Å². The summed E-state index contributed by atoms with van der Waals surface area (Å²) in [5, 5.41) is 6.83. The maximum Gasteiger partial charge on any atom is 0.244 e. The van der Waals surface area contributed by atoms with Gasteiger partial charge in [-0.1, -0.05) is 13.8 Å². The number of nitrogens with zero attached hydrogens (tertiary/aromatic N) is 1. The third-order valence-electron chi connectivity index (χ3n) is 2.60. The summed E-state index contributed by atoms with van der Waals surface area (Å²) < 4.78 is 0. The average molecular weight is 321 g/mol. The lowest BCUT2D eigenvalue weighted by molar-refractivity contribution is -0.125. The Morgan fingerprint density at radius 3 is 2.40 bits per heavy atom. The highest BCUT2D eigenvalue weighted by molar-refractivity contribution is 7.16. The van der Waals surface area contributed by atoms with E-state index in [-0.39, 0.29) is 36.7 Å². The second-order valence-corrected chi connectivity index (χ2v) is 5.89. The first-order valence-electron chi connectivity index (χ1n) is 6.08. The smallest absolute Gasteiger partial charge is 0.244 e. The second-order valence-electron chi connectivity index (χ2n) is 4.68. The number of halogens is 1. The molecule has 0 fully saturated rings. The van der Waals surface area contributed by atoms with E-state index in [1.54, 1.807) is 0 Å². The van der Waals surface area contributed by atoms with Gasteiger partial charge < -0.3 is 16.4 Å². The predicted octanol–water partition coefficient (Wildman–Crippen LogP) is 1.22. The van der Waals surface area contributed by atoms with Crippen LogP contribution < -0.4 is 16.4 Å². The lowest BCUT2D eigenvalue weighted by Crippen LogP contribution is -2.46. The number of amides is 2. The minimum atomic E-state index is -0.597. The van der Waals surface area contributed by atoms with Gasteiger partial charge in [0, 0.05) is 0 Å². The van der Waals surface area contributed by atoms with Crippen molar-refractivity contribution < 1.29 is 9.59 Å². The molecule has 114 valence electrons. The fraction of sp³-hybridized carbons (Fsp3) is 0.583. The Morgan fingerprint density at radius 1 is 1.35 bits per heavy atom. The number of rotatable bonds is 5. The Kier molecular flexibility index (Phi) is 7.70. The summed E-state index contributed by atoms with van der Waals surface area (Å²) in [5.74, 6) is -0.562. The molecule has 20 heavy (non-hydrogen) atoms. The second kappa shape index (κ2) is 8.18. The number of aromatic nitrogens is 1. The van der Waals surface area contributed by atoms with Crippen LogP contribution in [0.4, 0.5) is 5.00 Å². The molecule has 0 unspecified atom stereocenters. The molecule has 1 rings (SSSR count). The van der Waals surface area contributed by atoms with Gasteiger partial charge in [0.25, 0.3) is 0 Å². The molecule has 1 heterocycles. The molecule has 6 nitrogen and oxygen atoms in total. The molecule has 1 aromatic heterocycles. The van der Waals surface area contributed by atoms with Gasteiger partial charge in [-0.25, -0.2) is 4.98 Å². The zero-order chi connectivity index (χ0) is 14.6. The highest BCUT2D eigenvalue weighted by atomic mass is 35.5. The Hall–Kier alpha value is -1.18. The topological polar surface area (TPSA) is 97.1 Å². The van der Waals surface area contributed by atoms with Crippen LogP contribution in [0.2, 0.25) is 0 Å². The summed E-state index contributed by atoms with van der Waals surface area (Å²) in [5.41, 5.74) is 6.45. The van der Waals surface area contributed by atoms with Crippen molar-refractivity contribution in [2.24, 2.45) is 11.7 Å². The molecule has 0 saturated heterocycles. The van der Waals surface area contributed by atoms with Crippen molar-refractivity contribution in [3.63, 3.8) is 0 Å². The first kappa shape index (κ1) is 18.8. The summed E-state index contributed by atoms with van der Waals surface area (Å²) in [4.78, 5) is 27.5. The van der Waals surface area contributed by atoms with E-state index < -0.39 is 6.04 Å². The Labute approximate surface area is 128 Å². The number of hydrogen-bond donors (Lipinski definition) is 3. The number of nitrogens with one attached hydrogen (secondary N) is 2. The Morgan fingerprint density at radius 2 is 1.95 bits per heavy atom. The van der Waals surface area contributed by atoms with E-state index in [0.29, 0.717) is 5.00 Å². The number of aryl methyl sites for hydroxylation is 2. The molecule has 0 aromatic carbocycles. The number of thiazole rings is 1. The predicted molar refractivity (Wildman–Crippen MR) is 83.3 cm³/mol. The zero-order valence-electron chi connectivity index (χ0n) is 12.0. The SMILES string of the molecule is Cc1nc(C)c(NC(=O)CNC(=O)[C@@H](N)C(C)C)s1.Cl. The van der Waals surface area contributed by atoms with Crippen LogP contribution in [0, 0.1) is 19.8 Å². The first-order valence-corrected chi connectivity index (χ1v) is 6.90. The Balaban J connectivity index is 0.00000361. The van der Waals surface area contributed by atoms with Gasteiger partial charge in [-0.15, -0.1) is 23.7 Å². The van der Waals surface area contributed by atoms with Crippen LogP contribution in [0.1, 0.15) is 24.5 Å². The quantitative estimate of drug-likeness (QED) is 0.760. The normalized spacial score (nSPS) is 11.7. The fourth-order valence-corrected chi connectivity index (χ4v) is 2.24. The van der Waals surface area contributed by atoms with Crippen LogP contribution in [0.25, 0.3) is 0 Å². The number of nitrogens with two attached hydrogens (primary N) is 1. The summed E-state index contributed by atoms with van der Waals surface area (Å²) >= 11 is 1.41. The molecule has 8 heteroatoms. The number of carbonyl (C=O) groups is 2. The van der Waals surface area contributed by atoms with Gasteiger partial charge in [0.05, 0.1) is 23.3 Å². The van der Waals surface area contributed by atoms with Gasteiger partial charge in [-0.05, 0) is 19.8 Å². The van der Waals surface area contributed by atoms with Crippen molar-refractivity contribution >= 4 is 40.6 Å². The van der Waals surface area contributed by atoms with E-state index in [1.807, 2.05) is 27.7 Å². The molecular formula is C12H21ClN4O2S. The minimum Gasteiger partial charge on any atom is -0.346 e. The molecular weight excluding hydrogens is 300 g/mol. The van der Waals surface area contributed by atoms with Gasteiger partial charge >= 0.3 is 0 Å². The summed E-state index contributed by atoms with van der Waals surface area (Å²) in [6, 6.07) is -0.597. The monoisotopic (exact) mass is 320 g/mol. The van der Waals surface area contributed by atoms with Gasteiger partial charge in [0.2, 0.25) is 11.8 Å². The van der Waals surface area contributed by atoms with Crippen molar-refractivity contribution in [3.05, 3.63) is 10.7 Å². The molecule has 4 N–H and O–H groups in total. The molecule has 2 amide bonds. The van der Waals surface area contributed by atoms with E-state index in [2.05, 4.69) is 15.6 Å². The van der Waals surface area contributed by atoms with E-state index in [1.165, 1.54) is 11.3 Å². The molecule has 0 aliphatic rings. The van der Waals surface area contributed by atoms with Crippen molar-refractivity contribution in [3.8, 4) is 0 Å². The van der Waals surface area contributed by atoms with Crippen LogP contribution >= 0.6 is 23.7 Å². The van der Waals surface area contributed by atoms with Crippen LogP contribution in [0.3, 0.4) is 0 Å². The number of hydrogen-bond acceptors (Lipinski definition) is 5. The molecule has 0 radical (unpaired) electrons. The maximum absolute atomic E-state index is 11.7. The summed E-state index contributed by atoms with van der Waals surface area (Å²) in [6.45, 7) is 7.32. The number of carbonyl (C=O) groups excluding carboxylic acids is 2. The number of anilines is 1. The minimum absolute atomic E-state index is 0.